The van der Waals surface area contributed by atoms with Gasteiger partial charge in [0.25, 0.3) is 0 Å². The van der Waals surface area contributed by atoms with Crippen molar-refractivity contribution in [1.82, 2.24) is 0 Å². The molecule has 2 unspecified atom stereocenters. The molecule has 0 nitrogen and oxygen atoms in total. The van der Waals surface area contributed by atoms with Gasteiger partial charge in [-0.2, -0.15) is 0 Å². The van der Waals surface area contributed by atoms with E-state index in [0.717, 1.165) is 17.8 Å². The lowest BCUT2D eigenvalue weighted by Crippen LogP contribution is -2.46. The quantitative estimate of drug-likeness (QED) is 0.429. The van der Waals surface area contributed by atoms with Crippen molar-refractivity contribution < 1.29 is 0 Å². The molecule has 0 heteroatoms. The highest BCUT2D eigenvalue weighted by Gasteiger charge is 2.55. The van der Waals surface area contributed by atoms with Crippen molar-refractivity contribution in [2.75, 3.05) is 0 Å². The number of allylic oxidation sites excluding steroid dienone is 6. The van der Waals surface area contributed by atoms with E-state index in [-0.39, 0.29) is 0 Å². The minimum Gasteiger partial charge on any atom is -0.0884 e. The summed E-state index contributed by atoms with van der Waals surface area (Å²) in [5.41, 5.74) is 6.36. The van der Waals surface area contributed by atoms with E-state index < -0.39 is 0 Å². The van der Waals surface area contributed by atoms with Crippen molar-refractivity contribution in [3.8, 4) is 0 Å². The first-order valence-electron chi connectivity index (χ1n) is 10.0. The van der Waals surface area contributed by atoms with Crippen molar-refractivity contribution >= 4 is 0 Å². The first-order chi connectivity index (χ1) is 11.0. The number of hydrogen-bond donors (Lipinski definition) is 0. The molecule has 4 aliphatic rings. The molecule has 0 spiro atoms. The standard InChI is InChI=1S/C23H34/c1-5-16-11-13-23(4)18(15-16)7-9-19-20-10-8-17(6-2)22(20,3)14-12-21(19)23/h5-6,12,18-20H,7-11,13-15H2,1-4H3/t18-,19?,20?,22-,23+/m1/s1. The topological polar surface area (TPSA) is 0 Å². The van der Waals surface area contributed by atoms with Crippen molar-refractivity contribution in [3.63, 3.8) is 0 Å². The van der Waals surface area contributed by atoms with Gasteiger partial charge >= 0.3 is 0 Å². The summed E-state index contributed by atoms with van der Waals surface area (Å²) in [7, 11) is 0. The van der Waals surface area contributed by atoms with Crippen LogP contribution in [0.3, 0.4) is 0 Å². The normalized spacial score (nSPS) is 49.6. The van der Waals surface area contributed by atoms with E-state index in [0.29, 0.717) is 10.8 Å². The lowest BCUT2D eigenvalue weighted by molar-refractivity contribution is 0.0638. The van der Waals surface area contributed by atoms with Crippen LogP contribution in [0.2, 0.25) is 0 Å². The molecule has 0 saturated heterocycles. The Kier molecular flexibility index (Phi) is 3.67. The Morgan fingerprint density at radius 1 is 1.00 bits per heavy atom. The highest BCUT2D eigenvalue weighted by atomic mass is 14.6. The molecule has 4 rings (SSSR count). The predicted octanol–water partition coefficient (Wildman–Crippen LogP) is 6.84. The number of rotatable bonds is 0. The van der Waals surface area contributed by atoms with E-state index in [1.165, 1.54) is 51.4 Å². The molecule has 0 aromatic rings. The smallest absolute Gasteiger partial charge is 0.00479 e. The Morgan fingerprint density at radius 3 is 2.57 bits per heavy atom. The lowest BCUT2D eigenvalue weighted by atomic mass is 9.49. The molecule has 0 aromatic heterocycles. The van der Waals surface area contributed by atoms with Gasteiger partial charge in [0.1, 0.15) is 0 Å². The van der Waals surface area contributed by atoms with Gasteiger partial charge in [-0.25, -0.2) is 0 Å². The molecular formula is C23H34. The van der Waals surface area contributed by atoms with Gasteiger partial charge in [-0.15, -0.1) is 0 Å². The maximum Gasteiger partial charge on any atom is -0.00479 e. The van der Waals surface area contributed by atoms with Crippen LogP contribution < -0.4 is 0 Å². The van der Waals surface area contributed by atoms with Crippen molar-refractivity contribution in [3.05, 3.63) is 34.9 Å². The molecule has 3 saturated carbocycles. The highest BCUT2D eigenvalue weighted by Crippen LogP contribution is 2.65. The average Bonchev–Trinajstić information content (AvgIpc) is 2.90. The molecule has 3 fully saturated rings. The molecule has 5 atom stereocenters. The van der Waals surface area contributed by atoms with Gasteiger partial charge in [-0.3, -0.25) is 0 Å². The van der Waals surface area contributed by atoms with E-state index in [1.54, 1.807) is 11.1 Å². The van der Waals surface area contributed by atoms with Gasteiger partial charge in [-0.1, -0.05) is 48.8 Å². The van der Waals surface area contributed by atoms with Gasteiger partial charge in [0.05, 0.1) is 0 Å². The second-order valence-corrected chi connectivity index (χ2v) is 9.19. The summed E-state index contributed by atoms with van der Waals surface area (Å²) in [6.07, 6.45) is 18.7. The summed E-state index contributed by atoms with van der Waals surface area (Å²) < 4.78 is 0. The minimum absolute atomic E-state index is 0.481. The van der Waals surface area contributed by atoms with Crippen molar-refractivity contribution in [1.29, 1.82) is 0 Å². The Labute approximate surface area is 143 Å². The average molecular weight is 311 g/mol. The second-order valence-electron chi connectivity index (χ2n) is 9.19. The van der Waals surface area contributed by atoms with E-state index in [9.17, 15) is 0 Å². The summed E-state index contributed by atoms with van der Waals surface area (Å²) in [6.45, 7) is 9.70. The van der Waals surface area contributed by atoms with Crippen LogP contribution in [0.1, 0.15) is 79.1 Å². The van der Waals surface area contributed by atoms with Gasteiger partial charge in [-0.05, 0) is 93.8 Å². The lowest BCUT2D eigenvalue weighted by Gasteiger charge is -2.56. The molecule has 0 heterocycles. The van der Waals surface area contributed by atoms with Crippen LogP contribution in [-0.4, -0.2) is 0 Å². The fraction of sp³-hybridized carbons (Fsp3) is 0.739. The zero-order chi connectivity index (χ0) is 16.2. The van der Waals surface area contributed by atoms with Crippen molar-refractivity contribution in [2.24, 2.45) is 28.6 Å². The largest absolute Gasteiger partial charge is 0.0884 e. The summed E-state index contributed by atoms with van der Waals surface area (Å²) >= 11 is 0. The number of hydrogen-bond acceptors (Lipinski definition) is 0. The Balaban J connectivity index is 1.69. The van der Waals surface area contributed by atoms with Crippen LogP contribution >= 0.6 is 0 Å². The first-order valence-corrected chi connectivity index (χ1v) is 10.0. The molecule has 4 aliphatic carbocycles. The molecule has 0 radical (unpaired) electrons. The van der Waals surface area contributed by atoms with E-state index in [4.69, 9.17) is 0 Å². The van der Waals surface area contributed by atoms with Gasteiger partial charge in [0, 0.05) is 0 Å². The monoisotopic (exact) mass is 310 g/mol. The SMILES string of the molecule is CC=C1CC[C@]2(C)C3=CC[C@]4(C)C(=CC)CCC4C3CC[C@@H]2C1. The van der Waals surface area contributed by atoms with Crippen LogP contribution in [-0.2, 0) is 0 Å². The first kappa shape index (κ1) is 15.7. The molecule has 0 amide bonds. The number of fused-ring (bicyclic) bond motifs is 5. The summed E-state index contributed by atoms with van der Waals surface area (Å²) in [6, 6.07) is 0. The van der Waals surface area contributed by atoms with E-state index in [1.807, 2.05) is 5.57 Å². The van der Waals surface area contributed by atoms with Crippen LogP contribution in [0.4, 0.5) is 0 Å². The third-order valence-electron chi connectivity index (χ3n) is 8.53. The van der Waals surface area contributed by atoms with Crippen LogP contribution in [0, 0.1) is 28.6 Å². The fourth-order valence-electron chi connectivity index (χ4n) is 6.97. The van der Waals surface area contributed by atoms with Gasteiger partial charge < -0.3 is 0 Å². The molecule has 0 aliphatic heterocycles. The fourth-order valence-corrected chi connectivity index (χ4v) is 6.97. The van der Waals surface area contributed by atoms with Crippen molar-refractivity contribution in [2.45, 2.75) is 79.1 Å². The van der Waals surface area contributed by atoms with E-state index >= 15 is 0 Å². The summed E-state index contributed by atoms with van der Waals surface area (Å²) in [5.74, 6) is 2.73. The molecule has 0 aromatic carbocycles. The van der Waals surface area contributed by atoms with E-state index in [2.05, 4.69) is 45.9 Å². The molecule has 23 heavy (non-hydrogen) atoms. The zero-order valence-corrected chi connectivity index (χ0v) is 15.6. The summed E-state index contributed by atoms with van der Waals surface area (Å²) in [5, 5.41) is 0. The van der Waals surface area contributed by atoms with Crippen LogP contribution in [0.25, 0.3) is 0 Å². The Hall–Kier alpha value is -0.780. The second kappa shape index (κ2) is 5.36. The van der Waals surface area contributed by atoms with Gasteiger partial charge in [0.15, 0.2) is 0 Å². The molecule has 0 N–H and O–H groups in total. The molecule has 126 valence electrons. The Bertz CT molecular complexity index is 589. The predicted molar refractivity (Wildman–Crippen MR) is 99.2 cm³/mol. The van der Waals surface area contributed by atoms with Crippen LogP contribution in [0.15, 0.2) is 34.9 Å². The minimum atomic E-state index is 0.481. The molecule has 0 bridgehead atoms. The maximum absolute atomic E-state index is 2.72. The summed E-state index contributed by atoms with van der Waals surface area (Å²) in [4.78, 5) is 0. The third-order valence-corrected chi connectivity index (χ3v) is 8.53. The Morgan fingerprint density at radius 2 is 1.83 bits per heavy atom. The zero-order valence-electron chi connectivity index (χ0n) is 15.6. The van der Waals surface area contributed by atoms with Crippen LogP contribution in [0.5, 0.6) is 0 Å². The van der Waals surface area contributed by atoms with Gasteiger partial charge in [0.2, 0.25) is 0 Å². The molecular weight excluding hydrogens is 276 g/mol. The third kappa shape index (κ3) is 2.09. The maximum atomic E-state index is 2.72. The highest BCUT2D eigenvalue weighted by molar-refractivity contribution is 5.35.